The minimum Gasteiger partial charge on any atom is -0.383 e. The Hall–Kier alpha value is -1.10. The van der Waals surface area contributed by atoms with Crippen molar-refractivity contribution in [3.63, 3.8) is 0 Å². The monoisotopic (exact) mass is 296 g/mol. The summed E-state index contributed by atoms with van der Waals surface area (Å²) in [5.74, 6) is -0.140. The van der Waals surface area contributed by atoms with E-state index in [4.69, 9.17) is 16.3 Å². The van der Waals surface area contributed by atoms with Gasteiger partial charge in [0, 0.05) is 13.7 Å². The van der Waals surface area contributed by atoms with Gasteiger partial charge in [0.1, 0.15) is 0 Å². The molecule has 0 aromatic heterocycles. The van der Waals surface area contributed by atoms with Gasteiger partial charge >= 0.3 is 0 Å². The Morgan fingerprint density at radius 3 is 2.95 bits per heavy atom. The summed E-state index contributed by atoms with van der Waals surface area (Å²) in [6.07, 6.45) is 2.10. The molecule has 4 nitrogen and oxygen atoms in total. The molecular formula is C15H21ClN2O2. The zero-order valence-electron chi connectivity index (χ0n) is 12.0. The summed E-state index contributed by atoms with van der Waals surface area (Å²) < 4.78 is 5.27. The van der Waals surface area contributed by atoms with Crippen LogP contribution in [0.4, 0.5) is 0 Å². The standard InChI is InChI=1S/C15H21ClN2O2/c1-11-4-5-12(13(16)8-11)14(19)17-9-15(10-20-2)6-3-7-18-15/h4-5,8,18H,3,6-7,9-10H2,1-2H3,(H,17,19). The van der Waals surface area contributed by atoms with Crippen LogP contribution in [-0.4, -0.2) is 38.3 Å². The Balaban J connectivity index is 2.00. The summed E-state index contributed by atoms with van der Waals surface area (Å²) in [6.45, 7) is 4.05. The van der Waals surface area contributed by atoms with E-state index in [0.29, 0.717) is 23.7 Å². The molecule has 2 rings (SSSR count). The number of hydrogen-bond acceptors (Lipinski definition) is 3. The first-order valence-corrected chi connectivity index (χ1v) is 7.22. The van der Waals surface area contributed by atoms with Gasteiger partial charge in [-0.15, -0.1) is 0 Å². The Morgan fingerprint density at radius 1 is 1.55 bits per heavy atom. The van der Waals surface area contributed by atoms with Crippen molar-refractivity contribution in [2.75, 3.05) is 26.8 Å². The normalized spacial score (nSPS) is 21.9. The third kappa shape index (κ3) is 3.51. The molecule has 5 heteroatoms. The van der Waals surface area contributed by atoms with Crippen LogP contribution in [0.25, 0.3) is 0 Å². The lowest BCUT2D eigenvalue weighted by molar-refractivity contribution is 0.0892. The molecule has 1 atom stereocenters. The molecule has 0 saturated carbocycles. The molecule has 1 aliphatic rings. The van der Waals surface area contributed by atoms with E-state index in [2.05, 4.69) is 10.6 Å². The van der Waals surface area contributed by atoms with Crippen LogP contribution in [0.3, 0.4) is 0 Å². The molecule has 0 bridgehead atoms. The second kappa shape index (κ2) is 6.57. The first-order chi connectivity index (χ1) is 9.56. The molecule has 1 aliphatic heterocycles. The largest absolute Gasteiger partial charge is 0.383 e. The SMILES string of the molecule is COCC1(CNC(=O)c2ccc(C)cc2Cl)CCCN1. The lowest BCUT2D eigenvalue weighted by atomic mass is 9.98. The highest BCUT2D eigenvalue weighted by molar-refractivity contribution is 6.33. The van der Waals surface area contributed by atoms with Gasteiger partial charge in [0.25, 0.3) is 5.91 Å². The van der Waals surface area contributed by atoms with E-state index in [0.717, 1.165) is 24.9 Å². The number of benzene rings is 1. The number of aryl methyl sites for hydroxylation is 1. The second-order valence-corrected chi connectivity index (χ2v) is 5.82. The van der Waals surface area contributed by atoms with Gasteiger partial charge in [-0.3, -0.25) is 4.79 Å². The summed E-state index contributed by atoms with van der Waals surface area (Å²) in [7, 11) is 1.68. The molecule has 1 unspecified atom stereocenters. The number of rotatable bonds is 5. The third-order valence-electron chi connectivity index (χ3n) is 3.71. The minimum absolute atomic E-state index is 0.140. The number of nitrogens with one attached hydrogen (secondary N) is 2. The van der Waals surface area contributed by atoms with Crippen molar-refractivity contribution in [2.24, 2.45) is 0 Å². The van der Waals surface area contributed by atoms with E-state index in [-0.39, 0.29) is 11.4 Å². The third-order valence-corrected chi connectivity index (χ3v) is 4.02. The van der Waals surface area contributed by atoms with E-state index in [9.17, 15) is 4.79 Å². The molecule has 1 fully saturated rings. The fourth-order valence-electron chi connectivity index (χ4n) is 2.62. The van der Waals surface area contributed by atoms with Crippen LogP contribution in [0.15, 0.2) is 18.2 Å². The average Bonchev–Trinajstić information content (AvgIpc) is 2.85. The fraction of sp³-hybridized carbons (Fsp3) is 0.533. The van der Waals surface area contributed by atoms with E-state index >= 15 is 0 Å². The number of methoxy groups -OCH3 is 1. The van der Waals surface area contributed by atoms with E-state index in [1.807, 2.05) is 13.0 Å². The van der Waals surface area contributed by atoms with Crippen LogP contribution >= 0.6 is 11.6 Å². The molecule has 1 aromatic rings. The van der Waals surface area contributed by atoms with Crippen molar-refractivity contribution in [3.8, 4) is 0 Å². The van der Waals surface area contributed by atoms with Crippen LogP contribution in [-0.2, 0) is 4.74 Å². The van der Waals surface area contributed by atoms with Crippen LogP contribution in [0.5, 0.6) is 0 Å². The van der Waals surface area contributed by atoms with Crippen LogP contribution in [0.2, 0.25) is 5.02 Å². The molecular weight excluding hydrogens is 276 g/mol. The molecule has 2 N–H and O–H groups in total. The molecule has 0 radical (unpaired) electrons. The van der Waals surface area contributed by atoms with Gasteiger partial charge < -0.3 is 15.4 Å². The number of halogens is 1. The van der Waals surface area contributed by atoms with Crippen molar-refractivity contribution in [3.05, 3.63) is 34.3 Å². The Bertz CT molecular complexity index is 485. The van der Waals surface area contributed by atoms with Gasteiger partial charge in [0.05, 0.1) is 22.7 Å². The highest BCUT2D eigenvalue weighted by Gasteiger charge is 2.33. The van der Waals surface area contributed by atoms with Crippen molar-refractivity contribution in [1.82, 2.24) is 10.6 Å². The Labute approximate surface area is 124 Å². The number of carbonyl (C=O) groups excluding carboxylic acids is 1. The van der Waals surface area contributed by atoms with Crippen molar-refractivity contribution in [2.45, 2.75) is 25.3 Å². The maximum Gasteiger partial charge on any atom is 0.252 e. The fourth-order valence-corrected chi connectivity index (χ4v) is 2.94. The number of carbonyl (C=O) groups is 1. The molecule has 1 aromatic carbocycles. The smallest absolute Gasteiger partial charge is 0.252 e. The summed E-state index contributed by atoms with van der Waals surface area (Å²) in [6, 6.07) is 5.45. The Morgan fingerprint density at radius 2 is 2.35 bits per heavy atom. The lowest BCUT2D eigenvalue weighted by Crippen LogP contribution is -2.53. The molecule has 20 heavy (non-hydrogen) atoms. The van der Waals surface area contributed by atoms with Crippen molar-refractivity contribution in [1.29, 1.82) is 0 Å². The van der Waals surface area contributed by atoms with Crippen LogP contribution < -0.4 is 10.6 Å². The highest BCUT2D eigenvalue weighted by atomic mass is 35.5. The van der Waals surface area contributed by atoms with Gasteiger partial charge in [-0.1, -0.05) is 17.7 Å². The first kappa shape index (κ1) is 15.3. The molecule has 1 amide bonds. The van der Waals surface area contributed by atoms with Crippen molar-refractivity contribution < 1.29 is 9.53 Å². The number of amides is 1. The zero-order valence-corrected chi connectivity index (χ0v) is 12.7. The van der Waals surface area contributed by atoms with Crippen molar-refractivity contribution >= 4 is 17.5 Å². The van der Waals surface area contributed by atoms with E-state index < -0.39 is 0 Å². The zero-order chi connectivity index (χ0) is 14.6. The predicted molar refractivity (Wildman–Crippen MR) is 80.4 cm³/mol. The van der Waals surface area contributed by atoms with Crippen LogP contribution in [0, 0.1) is 6.92 Å². The summed E-state index contributed by atoms with van der Waals surface area (Å²) in [4.78, 5) is 12.2. The highest BCUT2D eigenvalue weighted by Crippen LogP contribution is 2.20. The molecule has 1 saturated heterocycles. The molecule has 110 valence electrons. The average molecular weight is 297 g/mol. The summed E-state index contributed by atoms with van der Waals surface area (Å²) in [5.41, 5.74) is 1.41. The number of ether oxygens (including phenoxy) is 1. The van der Waals surface area contributed by atoms with Gasteiger partial charge in [-0.2, -0.15) is 0 Å². The van der Waals surface area contributed by atoms with E-state index in [1.165, 1.54) is 0 Å². The predicted octanol–water partition coefficient (Wildman–Crippen LogP) is 2.15. The molecule has 0 aliphatic carbocycles. The van der Waals surface area contributed by atoms with Gasteiger partial charge in [-0.25, -0.2) is 0 Å². The Kier molecular flexibility index (Phi) is 5.02. The second-order valence-electron chi connectivity index (χ2n) is 5.41. The summed E-state index contributed by atoms with van der Waals surface area (Å²) in [5, 5.41) is 6.88. The summed E-state index contributed by atoms with van der Waals surface area (Å²) >= 11 is 6.11. The van der Waals surface area contributed by atoms with Crippen LogP contribution in [0.1, 0.15) is 28.8 Å². The van der Waals surface area contributed by atoms with Gasteiger partial charge in [-0.05, 0) is 44.0 Å². The maximum absolute atomic E-state index is 12.2. The maximum atomic E-state index is 12.2. The first-order valence-electron chi connectivity index (χ1n) is 6.85. The van der Waals surface area contributed by atoms with Gasteiger partial charge in [0.15, 0.2) is 0 Å². The lowest BCUT2D eigenvalue weighted by Gasteiger charge is -2.29. The minimum atomic E-state index is -0.151. The topological polar surface area (TPSA) is 50.4 Å². The molecule has 1 heterocycles. The number of hydrogen-bond donors (Lipinski definition) is 2. The molecule has 0 spiro atoms. The van der Waals surface area contributed by atoms with E-state index in [1.54, 1.807) is 19.2 Å². The quantitative estimate of drug-likeness (QED) is 0.875. The van der Waals surface area contributed by atoms with Gasteiger partial charge in [0.2, 0.25) is 0 Å².